The topological polar surface area (TPSA) is 111 Å². The Morgan fingerprint density at radius 3 is 2.78 bits per heavy atom. The molecule has 168 valence electrons. The molecular weight excluding hydrogens is 411 g/mol. The average molecular weight is 439 g/mol. The van der Waals surface area contributed by atoms with Gasteiger partial charge in [0.05, 0.1) is 19.2 Å². The van der Waals surface area contributed by atoms with E-state index in [0.29, 0.717) is 17.8 Å². The monoisotopic (exact) mass is 438 g/mol. The van der Waals surface area contributed by atoms with Gasteiger partial charge in [0.2, 0.25) is 11.9 Å². The lowest BCUT2D eigenvalue weighted by atomic mass is 9.50. The number of nitrogens with zero attached hydrogens (tertiary/aromatic N) is 6. The van der Waals surface area contributed by atoms with Gasteiger partial charge in [0.1, 0.15) is 18.5 Å². The predicted octanol–water partition coefficient (Wildman–Crippen LogP) is 1.68. The van der Waals surface area contributed by atoms with Gasteiger partial charge in [0.25, 0.3) is 0 Å². The van der Waals surface area contributed by atoms with E-state index in [1.165, 1.54) is 11.3 Å². The molecule has 4 bridgehead atoms. The smallest absolute Gasteiger partial charge is 0.243 e. The minimum Gasteiger partial charge on any atom is -0.347 e. The maximum absolute atomic E-state index is 13.8. The third kappa shape index (κ3) is 3.30. The molecule has 2 N–H and O–H groups in total. The van der Waals surface area contributed by atoms with Crippen molar-refractivity contribution in [3.8, 4) is 6.07 Å². The van der Waals surface area contributed by atoms with Crippen LogP contribution in [0.3, 0.4) is 0 Å². The summed E-state index contributed by atoms with van der Waals surface area (Å²) in [6.45, 7) is 0.176. The van der Waals surface area contributed by atoms with Crippen LogP contribution in [-0.2, 0) is 4.79 Å². The summed E-state index contributed by atoms with van der Waals surface area (Å²) >= 11 is 0. The molecule has 3 heterocycles. The molecule has 10 heteroatoms. The zero-order chi connectivity index (χ0) is 21.9. The Kier molecular flexibility index (Phi) is 4.41. The molecule has 0 spiro atoms. The largest absolute Gasteiger partial charge is 0.347 e. The number of likely N-dealkylation sites (tertiary alicyclic amines) is 1. The van der Waals surface area contributed by atoms with Crippen molar-refractivity contribution in [2.45, 2.75) is 68.2 Å². The highest BCUT2D eigenvalue weighted by molar-refractivity contribution is 5.79. The van der Waals surface area contributed by atoms with Crippen LogP contribution in [0.5, 0.6) is 0 Å². The quantitative estimate of drug-likeness (QED) is 0.731. The van der Waals surface area contributed by atoms with Crippen LogP contribution in [0.2, 0.25) is 0 Å². The summed E-state index contributed by atoms with van der Waals surface area (Å²) in [7, 11) is 0. The van der Waals surface area contributed by atoms with Crippen LogP contribution < -0.4 is 10.6 Å². The van der Waals surface area contributed by atoms with Crippen LogP contribution in [0.4, 0.5) is 10.3 Å². The minimum absolute atomic E-state index is 0.0247. The number of carbonyl (C=O) groups excluding carboxylic acids is 1. The van der Waals surface area contributed by atoms with Crippen molar-refractivity contribution < 1.29 is 9.18 Å². The van der Waals surface area contributed by atoms with E-state index in [2.05, 4.69) is 31.8 Å². The standard InChI is InChI=1S/C22H27FN8O/c23-16-4-17(9-24)30(11-16)19(32)10-26-21-5-14-3-15(6-21)8-22(7-14,12-21)28-20-27-18-1-2-25-13-31(18)29-20/h1-2,13-17,26H,3-8,10-12H2,(H,28,29)/t14?,15?,16-,17-,21?,22?/m0/s1. The van der Waals surface area contributed by atoms with E-state index in [1.54, 1.807) is 17.0 Å². The molecule has 0 radical (unpaired) electrons. The van der Waals surface area contributed by atoms with Crippen LogP contribution in [0.25, 0.3) is 5.65 Å². The van der Waals surface area contributed by atoms with Crippen LogP contribution >= 0.6 is 0 Å². The number of anilines is 1. The van der Waals surface area contributed by atoms with Gasteiger partial charge < -0.3 is 15.5 Å². The van der Waals surface area contributed by atoms with Crippen LogP contribution in [0.15, 0.2) is 18.6 Å². The van der Waals surface area contributed by atoms with E-state index < -0.39 is 12.2 Å². The van der Waals surface area contributed by atoms with E-state index >= 15 is 0 Å². The number of amides is 1. The lowest BCUT2D eigenvalue weighted by molar-refractivity contribution is -0.131. The fraction of sp³-hybridized carbons (Fsp3) is 0.682. The summed E-state index contributed by atoms with van der Waals surface area (Å²) in [5.74, 6) is 1.64. The van der Waals surface area contributed by atoms with Crippen molar-refractivity contribution in [3.05, 3.63) is 18.6 Å². The Hall–Kier alpha value is -2.80. The lowest BCUT2D eigenvalue weighted by Gasteiger charge is -2.62. The van der Waals surface area contributed by atoms with Crippen LogP contribution in [0, 0.1) is 23.2 Å². The van der Waals surface area contributed by atoms with Gasteiger partial charge in [-0.3, -0.25) is 4.79 Å². The number of halogens is 1. The van der Waals surface area contributed by atoms with Gasteiger partial charge in [0.15, 0.2) is 5.65 Å². The van der Waals surface area contributed by atoms with E-state index in [-0.39, 0.29) is 36.5 Å². The first-order valence-corrected chi connectivity index (χ1v) is 11.5. The summed E-state index contributed by atoms with van der Waals surface area (Å²) in [5.41, 5.74) is 0.546. The van der Waals surface area contributed by atoms with Crippen LogP contribution in [0.1, 0.15) is 44.9 Å². The minimum atomic E-state index is -1.11. The number of nitriles is 1. The van der Waals surface area contributed by atoms with Gasteiger partial charge in [0, 0.05) is 29.8 Å². The van der Waals surface area contributed by atoms with Gasteiger partial charge >= 0.3 is 0 Å². The molecule has 2 aromatic heterocycles. The number of hydrogen-bond donors (Lipinski definition) is 2. The van der Waals surface area contributed by atoms with Crippen molar-refractivity contribution in [2.24, 2.45) is 11.8 Å². The Labute approximate surface area is 185 Å². The molecule has 2 aromatic rings. The number of hydrogen-bond acceptors (Lipinski definition) is 7. The molecule has 1 saturated heterocycles. The first-order valence-electron chi connectivity index (χ1n) is 11.5. The summed E-state index contributed by atoms with van der Waals surface area (Å²) in [5, 5.41) is 21.1. The Morgan fingerprint density at radius 1 is 1.25 bits per heavy atom. The maximum atomic E-state index is 13.8. The summed E-state index contributed by atoms with van der Waals surface area (Å²) in [6.07, 6.45) is 8.77. The van der Waals surface area contributed by atoms with E-state index in [4.69, 9.17) is 0 Å². The maximum Gasteiger partial charge on any atom is 0.243 e. The van der Waals surface area contributed by atoms with E-state index in [9.17, 15) is 14.4 Å². The fourth-order valence-corrected chi connectivity index (χ4v) is 7.20. The molecule has 5 aliphatic rings. The molecular formula is C22H27FN8O. The molecule has 0 aromatic carbocycles. The molecule has 4 atom stereocenters. The van der Waals surface area contributed by atoms with E-state index in [1.807, 2.05) is 6.07 Å². The summed E-state index contributed by atoms with van der Waals surface area (Å²) in [4.78, 5) is 22.9. The van der Waals surface area contributed by atoms with Crippen molar-refractivity contribution in [1.82, 2.24) is 29.8 Å². The van der Waals surface area contributed by atoms with Gasteiger partial charge in [-0.05, 0) is 50.4 Å². The zero-order valence-corrected chi connectivity index (χ0v) is 17.9. The number of nitrogens with one attached hydrogen (secondary N) is 2. The third-order valence-corrected chi connectivity index (χ3v) is 7.92. The number of aromatic nitrogens is 4. The second kappa shape index (κ2) is 7.10. The first kappa shape index (κ1) is 19.9. The molecule has 1 amide bonds. The molecule has 5 fully saturated rings. The van der Waals surface area contributed by atoms with Gasteiger partial charge in [-0.1, -0.05) is 0 Å². The van der Waals surface area contributed by atoms with Crippen molar-refractivity contribution in [1.29, 1.82) is 5.26 Å². The molecule has 9 nitrogen and oxygen atoms in total. The Balaban J connectivity index is 1.19. The fourth-order valence-electron chi connectivity index (χ4n) is 7.20. The summed E-state index contributed by atoms with van der Waals surface area (Å²) < 4.78 is 15.4. The highest BCUT2D eigenvalue weighted by Crippen LogP contribution is 2.58. The Morgan fingerprint density at radius 2 is 2.03 bits per heavy atom. The highest BCUT2D eigenvalue weighted by Gasteiger charge is 2.58. The van der Waals surface area contributed by atoms with Crippen LogP contribution in [-0.4, -0.2) is 66.8 Å². The Bertz CT molecular complexity index is 1050. The molecule has 4 saturated carbocycles. The third-order valence-electron chi connectivity index (χ3n) is 7.92. The molecule has 4 aliphatic carbocycles. The second-order valence-electron chi connectivity index (χ2n) is 10.3. The molecule has 7 rings (SSSR count). The predicted molar refractivity (Wildman–Crippen MR) is 113 cm³/mol. The van der Waals surface area contributed by atoms with Crippen molar-refractivity contribution in [3.63, 3.8) is 0 Å². The van der Waals surface area contributed by atoms with Gasteiger partial charge in [-0.15, -0.1) is 5.10 Å². The van der Waals surface area contributed by atoms with Crippen molar-refractivity contribution >= 4 is 17.5 Å². The SMILES string of the molecule is N#C[C@@H]1C[C@H](F)CN1C(=O)CNC12CC3CC(C1)CC(Nc1nc4ccncn4n1)(C3)C2. The lowest BCUT2D eigenvalue weighted by Crippen LogP contribution is -2.67. The van der Waals surface area contributed by atoms with Gasteiger partial charge in [-0.25, -0.2) is 13.9 Å². The molecule has 32 heavy (non-hydrogen) atoms. The molecule has 2 unspecified atom stereocenters. The zero-order valence-electron chi connectivity index (χ0n) is 17.9. The summed E-state index contributed by atoms with van der Waals surface area (Å²) in [6, 6.07) is 3.25. The number of rotatable bonds is 5. The average Bonchev–Trinajstić information content (AvgIpc) is 3.32. The second-order valence-corrected chi connectivity index (χ2v) is 10.3. The van der Waals surface area contributed by atoms with Crippen molar-refractivity contribution in [2.75, 3.05) is 18.4 Å². The first-order chi connectivity index (χ1) is 15.4. The van der Waals surface area contributed by atoms with E-state index in [0.717, 1.165) is 37.8 Å². The number of alkyl halides is 1. The molecule has 1 aliphatic heterocycles. The van der Waals surface area contributed by atoms with Gasteiger partial charge in [-0.2, -0.15) is 10.2 Å². The number of carbonyl (C=O) groups is 1. The normalized spacial score (nSPS) is 37.7. The number of fused-ring (bicyclic) bond motifs is 1. The highest BCUT2D eigenvalue weighted by atomic mass is 19.1.